The van der Waals surface area contributed by atoms with E-state index in [9.17, 15) is 8.42 Å². The molecular weight excluding hydrogens is 252 g/mol. The smallest absolute Gasteiger partial charge is 0.263 e. The molecule has 0 saturated heterocycles. The maximum absolute atomic E-state index is 12.0. The lowest BCUT2D eigenvalue weighted by atomic mass is 10.3. The first kappa shape index (κ1) is 12.2. The van der Waals surface area contributed by atoms with Gasteiger partial charge in [-0.3, -0.25) is 4.72 Å². The molecule has 18 heavy (non-hydrogen) atoms. The van der Waals surface area contributed by atoms with Crippen LogP contribution in [0.25, 0.3) is 0 Å². The Morgan fingerprint density at radius 3 is 2.44 bits per heavy atom. The third-order valence-corrected chi connectivity index (χ3v) is 3.53. The van der Waals surface area contributed by atoms with E-state index in [1.807, 2.05) is 0 Å². The van der Waals surface area contributed by atoms with Crippen LogP contribution >= 0.6 is 0 Å². The SMILES string of the molecule is Nc1cccc(S(=O)(=O)Nc2cccc(N)n2)c1. The maximum Gasteiger partial charge on any atom is 0.263 e. The van der Waals surface area contributed by atoms with Gasteiger partial charge in [-0.25, -0.2) is 13.4 Å². The van der Waals surface area contributed by atoms with Crippen LogP contribution in [-0.4, -0.2) is 13.4 Å². The number of aromatic nitrogens is 1. The molecule has 2 rings (SSSR count). The molecule has 5 N–H and O–H groups in total. The van der Waals surface area contributed by atoms with Gasteiger partial charge in [-0.2, -0.15) is 0 Å². The monoisotopic (exact) mass is 264 g/mol. The van der Waals surface area contributed by atoms with Gasteiger partial charge in [0.2, 0.25) is 0 Å². The summed E-state index contributed by atoms with van der Waals surface area (Å²) in [6.45, 7) is 0. The fraction of sp³-hybridized carbons (Fsp3) is 0. The van der Waals surface area contributed by atoms with Crippen LogP contribution in [0.4, 0.5) is 17.3 Å². The van der Waals surface area contributed by atoms with Crippen molar-refractivity contribution in [2.75, 3.05) is 16.2 Å². The van der Waals surface area contributed by atoms with Gasteiger partial charge in [0.15, 0.2) is 0 Å². The molecule has 0 aliphatic carbocycles. The van der Waals surface area contributed by atoms with Crippen molar-refractivity contribution in [3.63, 3.8) is 0 Å². The third-order valence-electron chi connectivity index (χ3n) is 2.18. The number of benzene rings is 1. The molecule has 0 radical (unpaired) electrons. The molecule has 0 atom stereocenters. The molecule has 0 spiro atoms. The average Bonchev–Trinajstić information content (AvgIpc) is 2.28. The molecular formula is C11H12N4O2S. The molecule has 1 aromatic heterocycles. The Bertz CT molecular complexity index is 670. The number of hydrogen-bond acceptors (Lipinski definition) is 5. The number of pyridine rings is 1. The summed E-state index contributed by atoms with van der Waals surface area (Å²) in [5.41, 5.74) is 11.4. The fourth-order valence-corrected chi connectivity index (χ4v) is 2.44. The van der Waals surface area contributed by atoms with Crippen LogP contribution in [0, 0.1) is 0 Å². The van der Waals surface area contributed by atoms with Gasteiger partial charge in [0.25, 0.3) is 10.0 Å². The van der Waals surface area contributed by atoms with Gasteiger partial charge in [-0.05, 0) is 30.3 Å². The lowest BCUT2D eigenvalue weighted by Gasteiger charge is -2.08. The van der Waals surface area contributed by atoms with E-state index in [1.165, 1.54) is 18.2 Å². The molecule has 7 heteroatoms. The van der Waals surface area contributed by atoms with Crippen molar-refractivity contribution in [3.8, 4) is 0 Å². The summed E-state index contributed by atoms with van der Waals surface area (Å²) in [6, 6.07) is 10.7. The summed E-state index contributed by atoms with van der Waals surface area (Å²) in [7, 11) is -3.70. The average molecular weight is 264 g/mol. The van der Waals surface area contributed by atoms with E-state index in [-0.39, 0.29) is 16.5 Å². The van der Waals surface area contributed by atoms with Crippen LogP contribution in [0.2, 0.25) is 0 Å². The number of nitrogens with zero attached hydrogens (tertiary/aromatic N) is 1. The highest BCUT2D eigenvalue weighted by Crippen LogP contribution is 2.17. The van der Waals surface area contributed by atoms with E-state index in [4.69, 9.17) is 11.5 Å². The molecule has 0 aliphatic heterocycles. The molecule has 94 valence electrons. The van der Waals surface area contributed by atoms with Crippen LogP contribution in [0.1, 0.15) is 0 Å². The minimum absolute atomic E-state index is 0.0757. The van der Waals surface area contributed by atoms with Crippen molar-refractivity contribution in [3.05, 3.63) is 42.5 Å². The number of anilines is 3. The van der Waals surface area contributed by atoms with Crippen LogP contribution in [0.15, 0.2) is 47.4 Å². The topological polar surface area (TPSA) is 111 Å². The number of nitrogen functional groups attached to an aromatic ring is 2. The van der Waals surface area contributed by atoms with Crippen molar-refractivity contribution in [1.29, 1.82) is 0 Å². The van der Waals surface area contributed by atoms with Gasteiger partial charge in [0.1, 0.15) is 11.6 Å². The van der Waals surface area contributed by atoms with Crippen LogP contribution in [0.5, 0.6) is 0 Å². The first-order chi connectivity index (χ1) is 8.47. The zero-order valence-electron chi connectivity index (χ0n) is 9.37. The molecule has 0 aliphatic rings. The van der Waals surface area contributed by atoms with Crippen LogP contribution < -0.4 is 16.2 Å². The summed E-state index contributed by atoms with van der Waals surface area (Å²) < 4.78 is 26.4. The Morgan fingerprint density at radius 2 is 1.78 bits per heavy atom. The summed E-state index contributed by atoms with van der Waals surface area (Å²) in [5.74, 6) is 0.403. The summed E-state index contributed by atoms with van der Waals surface area (Å²) in [6.07, 6.45) is 0. The van der Waals surface area contributed by atoms with Crippen LogP contribution in [-0.2, 0) is 10.0 Å². The Balaban J connectivity index is 2.33. The Morgan fingerprint density at radius 1 is 1.06 bits per heavy atom. The van der Waals surface area contributed by atoms with E-state index in [0.29, 0.717) is 5.69 Å². The zero-order chi connectivity index (χ0) is 13.2. The van der Waals surface area contributed by atoms with Crippen molar-refractivity contribution in [2.45, 2.75) is 4.90 Å². The highest BCUT2D eigenvalue weighted by molar-refractivity contribution is 7.92. The second-order valence-corrected chi connectivity index (χ2v) is 5.31. The number of hydrogen-bond donors (Lipinski definition) is 3. The van der Waals surface area contributed by atoms with Crippen molar-refractivity contribution in [2.24, 2.45) is 0 Å². The lowest BCUT2D eigenvalue weighted by Crippen LogP contribution is -2.14. The lowest BCUT2D eigenvalue weighted by molar-refractivity contribution is 0.601. The predicted molar refractivity (Wildman–Crippen MR) is 70.3 cm³/mol. The number of rotatable bonds is 3. The molecule has 0 bridgehead atoms. The molecule has 1 aromatic carbocycles. The quantitative estimate of drug-likeness (QED) is 0.717. The fourth-order valence-electron chi connectivity index (χ4n) is 1.39. The minimum Gasteiger partial charge on any atom is -0.399 e. The predicted octanol–water partition coefficient (Wildman–Crippen LogP) is 1.05. The van der Waals surface area contributed by atoms with Crippen molar-refractivity contribution in [1.82, 2.24) is 4.98 Å². The molecule has 0 fully saturated rings. The van der Waals surface area contributed by atoms with Gasteiger partial charge in [-0.15, -0.1) is 0 Å². The molecule has 0 unspecified atom stereocenters. The molecule has 2 aromatic rings. The summed E-state index contributed by atoms with van der Waals surface area (Å²) in [5, 5.41) is 0. The van der Waals surface area contributed by atoms with Crippen LogP contribution in [0.3, 0.4) is 0 Å². The number of nitrogens with two attached hydrogens (primary N) is 2. The normalized spacial score (nSPS) is 11.1. The Hall–Kier alpha value is -2.28. The molecule has 0 amide bonds. The minimum atomic E-state index is -3.70. The number of sulfonamides is 1. The summed E-state index contributed by atoms with van der Waals surface area (Å²) in [4.78, 5) is 3.94. The molecule has 6 nitrogen and oxygen atoms in total. The second kappa shape index (κ2) is 4.53. The maximum atomic E-state index is 12.0. The van der Waals surface area contributed by atoms with Crippen molar-refractivity contribution >= 4 is 27.3 Å². The Labute approximate surface area is 105 Å². The highest BCUT2D eigenvalue weighted by atomic mass is 32.2. The zero-order valence-corrected chi connectivity index (χ0v) is 10.2. The van der Waals surface area contributed by atoms with Gasteiger partial charge in [0.05, 0.1) is 4.90 Å². The standard InChI is InChI=1S/C11H12N4O2S/c12-8-3-1-4-9(7-8)18(16,17)15-11-6-2-5-10(13)14-11/h1-7H,12H2,(H3,13,14,15). The van der Waals surface area contributed by atoms with Gasteiger partial charge >= 0.3 is 0 Å². The summed E-state index contributed by atoms with van der Waals surface area (Å²) >= 11 is 0. The van der Waals surface area contributed by atoms with Gasteiger partial charge < -0.3 is 11.5 Å². The van der Waals surface area contributed by atoms with Gasteiger partial charge in [0, 0.05) is 5.69 Å². The Kier molecular flexibility index (Phi) is 3.07. The molecule has 1 heterocycles. The van der Waals surface area contributed by atoms with Crippen molar-refractivity contribution < 1.29 is 8.42 Å². The highest BCUT2D eigenvalue weighted by Gasteiger charge is 2.14. The van der Waals surface area contributed by atoms with E-state index in [1.54, 1.807) is 24.3 Å². The largest absolute Gasteiger partial charge is 0.399 e. The van der Waals surface area contributed by atoms with E-state index in [2.05, 4.69) is 9.71 Å². The van der Waals surface area contributed by atoms with E-state index in [0.717, 1.165) is 0 Å². The first-order valence-electron chi connectivity index (χ1n) is 5.08. The third kappa shape index (κ3) is 2.69. The second-order valence-electron chi connectivity index (χ2n) is 3.63. The van der Waals surface area contributed by atoms with Gasteiger partial charge in [-0.1, -0.05) is 12.1 Å². The number of nitrogens with one attached hydrogen (secondary N) is 1. The first-order valence-corrected chi connectivity index (χ1v) is 6.56. The van der Waals surface area contributed by atoms with E-state index >= 15 is 0 Å². The van der Waals surface area contributed by atoms with E-state index < -0.39 is 10.0 Å². The molecule has 0 saturated carbocycles.